The maximum absolute atomic E-state index is 12.6. The van der Waals surface area contributed by atoms with Crippen molar-refractivity contribution < 1.29 is 17.9 Å². The van der Waals surface area contributed by atoms with Gasteiger partial charge in [-0.25, -0.2) is 13.1 Å². The maximum Gasteiger partial charge on any atom is 0.241 e. The van der Waals surface area contributed by atoms with Crippen LogP contribution in [0.4, 0.5) is 0 Å². The third-order valence-electron chi connectivity index (χ3n) is 4.63. The predicted molar refractivity (Wildman–Crippen MR) is 82.8 cm³/mol. The van der Waals surface area contributed by atoms with Gasteiger partial charge < -0.3 is 14.4 Å². The van der Waals surface area contributed by atoms with E-state index in [0.717, 1.165) is 32.5 Å². The van der Waals surface area contributed by atoms with E-state index in [-0.39, 0.29) is 10.9 Å². The van der Waals surface area contributed by atoms with E-state index < -0.39 is 10.0 Å². The van der Waals surface area contributed by atoms with Crippen molar-refractivity contribution in [2.24, 2.45) is 5.92 Å². The first-order chi connectivity index (χ1) is 10.5. The van der Waals surface area contributed by atoms with Gasteiger partial charge in [-0.05, 0) is 44.0 Å². The van der Waals surface area contributed by atoms with Gasteiger partial charge in [-0.1, -0.05) is 0 Å². The highest BCUT2D eigenvalue weighted by Gasteiger charge is 2.36. The number of hydrogen-bond acceptors (Lipinski definition) is 5. The first-order valence-corrected chi connectivity index (χ1v) is 8.98. The summed E-state index contributed by atoms with van der Waals surface area (Å²) in [7, 11) is -0.532. The molecule has 3 fully saturated rings. The molecule has 0 amide bonds. The smallest absolute Gasteiger partial charge is 0.241 e. The first kappa shape index (κ1) is 15.6. The molecule has 1 aromatic carbocycles. The lowest BCUT2D eigenvalue weighted by molar-refractivity contribution is 0.0827. The fourth-order valence-corrected chi connectivity index (χ4v) is 4.66. The Morgan fingerprint density at radius 1 is 1.14 bits per heavy atom. The molecular formula is C15H22N2O4S. The topological polar surface area (TPSA) is 67.9 Å². The summed E-state index contributed by atoms with van der Waals surface area (Å²) in [5.41, 5.74) is 0. The average molecular weight is 326 g/mol. The molecule has 0 radical (unpaired) electrons. The van der Waals surface area contributed by atoms with Gasteiger partial charge >= 0.3 is 0 Å². The Morgan fingerprint density at radius 3 is 2.36 bits per heavy atom. The minimum Gasteiger partial charge on any atom is -0.493 e. The zero-order valence-corrected chi connectivity index (χ0v) is 13.7. The summed E-state index contributed by atoms with van der Waals surface area (Å²) in [4.78, 5) is 2.53. The van der Waals surface area contributed by atoms with Crippen molar-refractivity contribution in [3.63, 3.8) is 0 Å². The summed E-state index contributed by atoms with van der Waals surface area (Å²) in [6.07, 6.45) is 2.14. The van der Waals surface area contributed by atoms with Gasteiger partial charge in [0.25, 0.3) is 0 Å². The number of methoxy groups -OCH3 is 2. The molecule has 1 aromatic rings. The minimum atomic E-state index is -3.55. The van der Waals surface area contributed by atoms with Crippen LogP contribution in [-0.4, -0.2) is 53.2 Å². The zero-order valence-electron chi connectivity index (χ0n) is 12.9. The molecular weight excluding hydrogens is 304 g/mol. The normalized spacial score (nSPS) is 27.6. The molecule has 1 unspecified atom stereocenters. The lowest BCUT2D eigenvalue weighted by Gasteiger charge is -2.44. The van der Waals surface area contributed by atoms with Crippen molar-refractivity contribution in [3.8, 4) is 11.5 Å². The monoisotopic (exact) mass is 326 g/mol. The standard InChI is InChI=1S/C15H22N2O4S/c1-20-14-4-3-12(9-15(14)21-2)22(18,19)16-13-10-17-7-5-11(13)6-8-17/h3-4,9,11,13,16H,5-8,10H2,1-2H3. The second kappa shape index (κ2) is 6.06. The van der Waals surface area contributed by atoms with Crippen LogP contribution in [0, 0.1) is 5.92 Å². The molecule has 3 heterocycles. The minimum absolute atomic E-state index is 0.000552. The van der Waals surface area contributed by atoms with E-state index in [0.29, 0.717) is 17.4 Å². The number of nitrogens with one attached hydrogen (secondary N) is 1. The molecule has 0 spiro atoms. The highest BCUT2D eigenvalue weighted by atomic mass is 32.2. The quantitative estimate of drug-likeness (QED) is 0.877. The molecule has 7 heteroatoms. The Hall–Kier alpha value is -1.31. The van der Waals surface area contributed by atoms with Crippen molar-refractivity contribution in [1.29, 1.82) is 0 Å². The molecule has 0 aromatic heterocycles. The van der Waals surface area contributed by atoms with Crippen LogP contribution in [-0.2, 0) is 10.0 Å². The number of nitrogens with zero attached hydrogens (tertiary/aromatic N) is 1. The van der Waals surface area contributed by atoms with Gasteiger partial charge in [0.2, 0.25) is 10.0 Å². The Balaban J connectivity index is 1.81. The van der Waals surface area contributed by atoms with Gasteiger partial charge in [0.1, 0.15) is 0 Å². The van der Waals surface area contributed by atoms with Crippen LogP contribution in [0.1, 0.15) is 12.8 Å². The van der Waals surface area contributed by atoms with Gasteiger partial charge in [-0.2, -0.15) is 0 Å². The lowest BCUT2D eigenvalue weighted by Crippen LogP contribution is -2.57. The maximum atomic E-state index is 12.6. The fraction of sp³-hybridized carbons (Fsp3) is 0.600. The van der Waals surface area contributed by atoms with Crippen molar-refractivity contribution in [2.45, 2.75) is 23.8 Å². The highest BCUT2D eigenvalue weighted by molar-refractivity contribution is 7.89. The third kappa shape index (κ3) is 2.93. The van der Waals surface area contributed by atoms with Crippen molar-refractivity contribution in [2.75, 3.05) is 33.9 Å². The van der Waals surface area contributed by atoms with E-state index in [1.54, 1.807) is 12.1 Å². The highest BCUT2D eigenvalue weighted by Crippen LogP contribution is 2.31. The van der Waals surface area contributed by atoms with E-state index in [1.165, 1.54) is 20.3 Å². The van der Waals surface area contributed by atoms with Crippen molar-refractivity contribution in [1.82, 2.24) is 9.62 Å². The number of sulfonamides is 1. The van der Waals surface area contributed by atoms with Crippen LogP contribution in [0.15, 0.2) is 23.1 Å². The second-order valence-electron chi connectivity index (χ2n) is 5.88. The summed E-state index contributed by atoms with van der Waals surface area (Å²) in [5.74, 6) is 1.38. The Labute approximate surface area is 131 Å². The SMILES string of the molecule is COc1ccc(S(=O)(=O)NC2CN3CCC2CC3)cc1OC. The molecule has 6 nitrogen and oxygen atoms in total. The third-order valence-corrected chi connectivity index (χ3v) is 6.12. The Bertz CT molecular complexity index is 639. The average Bonchev–Trinajstić information content (AvgIpc) is 2.54. The summed E-state index contributed by atoms with van der Waals surface area (Å²) < 4.78 is 38.4. The number of benzene rings is 1. The van der Waals surface area contributed by atoms with Crippen LogP contribution in [0.2, 0.25) is 0 Å². The van der Waals surface area contributed by atoms with Gasteiger partial charge in [0.05, 0.1) is 19.1 Å². The van der Waals surface area contributed by atoms with Gasteiger partial charge in [0.15, 0.2) is 11.5 Å². The molecule has 1 N–H and O–H groups in total. The number of hydrogen-bond donors (Lipinski definition) is 1. The number of piperidine rings is 3. The molecule has 0 aliphatic carbocycles. The molecule has 1 atom stereocenters. The zero-order chi connectivity index (χ0) is 15.7. The molecule has 122 valence electrons. The van der Waals surface area contributed by atoms with Crippen LogP contribution in [0.5, 0.6) is 11.5 Å². The molecule has 2 bridgehead atoms. The summed E-state index contributed by atoms with van der Waals surface area (Å²) in [6, 6.07) is 4.66. The van der Waals surface area contributed by atoms with E-state index >= 15 is 0 Å². The van der Waals surface area contributed by atoms with Crippen LogP contribution in [0.25, 0.3) is 0 Å². The predicted octanol–water partition coefficient (Wildman–Crippen LogP) is 1.08. The second-order valence-corrected chi connectivity index (χ2v) is 7.60. The summed E-state index contributed by atoms with van der Waals surface area (Å²) in [6.45, 7) is 2.97. The first-order valence-electron chi connectivity index (χ1n) is 7.50. The van der Waals surface area contributed by atoms with Crippen molar-refractivity contribution >= 4 is 10.0 Å². The Kier molecular flexibility index (Phi) is 4.29. The van der Waals surface area contributed by atoms with Crippen LogP contribution in [0.3, 0.4) is 0 Å². The van der Waals surface area contributed by atoms with E-state index in [1.807, 2.05) is 0 Å². The molecule has 4 rings (SSSR count). The lowest BCUT2D eigenvalue weighted by atomic mass is 9.85. The van der Waals surface area contributed by atoms with E-state index in [4.69, 9.17) is 9.47 Å². The molecule has 3 aliphatic rings. The molecule has 22 heavy (non-hydrogen) atoms. The molecule has 0 saturated carbocycles. The fourth-order valence-electron chi connectivity index (χ4n) is 3.35. The largest absolute Gasteiger partial charge is 0.493 e. The van der Waals surface area contributed by atoms with Gasteiger partial charge in [0, 0.05) is 18.7 Å². The number of rotatable bonds is 5. The van der Waals surface area contributed by atoms with Gasteiger partial charge in [-0.15, -0.1) is 0 Å². The van der Waals surface area contributed by atoms with Crippen molar-refractivity contribution in [3.05, 3.63) is 18.2 Å². The van der Waals surface area contributed by atoms with Crippen LogP contribution >= 0.6 is 0 Å². The van der Waals surface area contributed by atoms with Gasteiger partial charge in [-0.3, -0.25) is 0 Å². The molecule has 3 saturated heterocycles. The van der Waals surface area contributed by atoms with E-state index in [2.05, 4.69) is 9.62 Å². The summed E-state index contributed by atoms with van der Waals surface area (Å²) >= 11 is 0. The molecule has 3 aliphatic heterocycles. The van der Waals surface area contributed by atoms with Crippen LogP contribution < -0.4 is 14.2 Å². The number of ether oxygens (including phenoxy) is 2. The Morgan fingerprint density at radius 2 is 1.82 bits per heavy atom. The van der Waals surface area contributed by atoms with E-state index in [9.17, 15) is 8.42 Å². The number of fused-ring (bicyclic) bond motifs is 3. The summed E-state index contributed by atoms with van der Waals surface area (Å²) in [5, 5.41) is 0.